The maximum Gasteiger partial charge on any atom is 0.277 e. The molecule has 0 unspecified atom stereocenters. The first-order valence-corrected chi connectivity index (χ1v) is 11.1. The smallest absolute Gasteiger partial charge is 0.277 e. The van der Waals surface area contributed by atoms with E-state index in [0.29, 0.717) is 29.5 Å². The molecule has 8 nitrogen and oxygen atoms in total. The van der Waals surface area contributed by atoms with E-state index in [-0.39, 0.29) is 24.3 Å². The third kappa shape index (κ3) is 4.52. The molecule has 0 bridgehead atoms. The van der Waals surface area contributed by atoms with Crippen LogP contribution in [-0.2, 0) is 17.8 Å². The van der Waals surface area contributed by atoms with Crippen LogP contribution in [0.2, 0.25) is 0 Å². The van der Waals surface area contributed by atoms with Crippen molar-refractivity contribution in [3.63, 3.8) is 0 Å². The number of carbonyl (C=O) groups is 1. The minimum absolute atomic E-state index is 0.158. The molecule has 0 saturated carbocycles. The molecule has 0 aliphatic rings. The van der Waals surface area contributed by atoms with Gasteiger partial charge in [-0.2, -0.15) is 9.50 Å². The van der Waals surface area contributed by atoms with Crippen molar-refractivity contribution >= 4 is 34.1 Å². The van der Waals surface area contributed by atoms with Crippen molar-refractivity contribution < 1.29 is 4.79 Å². The average Bonchev–Trinajstić information content (AvgIpc) is 3.26. The van der Waals surface area contributed by atoms with E-state index in [1.165, 1.54) is 4.52 Å². The number of fused-ring (bicyclic) bond motifs is 2. The van der Waals surface area contributed by atoms with Crippen LogP contribution in [0, 0.1) is 6.92 Å². The van der Waals surface area contributed by atoms with Crippen molar-refractivity contribution in [1.82, 2.24) is 19.6 Å². The second-order valence-electron chi connectivity index (χ2n) is 8.14. The lowest BCUT2D eigenvalue weighted by Crippen LogP contribution is -2.23. The van der Waals surface area contributed by atoms with Gasteiger partial charge in [0.15, 0.2) is 0 Å². The van der Waals surface area contributed by atoms with Gasteiger partial charge in [0.2, 0.25) is 11.9 Å². The lowest BCUT2D eigenvalue weighted by atomic mass is 10.1. The van der Waals surface area contributed by atoms with Crippen LogP contribution in [-0.4, -0.2) is 25.5 Å². The SMILES string of the molecule is Cc1nc2nc(NCc3ccccc3)[nH]n2c(=O)c1CCC(=O)Nc1ccc2ccccc2c1. The van der Waals surface area contributed by atoms with Crippen LogP contribution in [0.5, 0.6) is 0 Å². The summed E-state index contributed by atoms with van der Waals surface area (Å²) in [6.07, 6.45) is 0.454. The minimum atomic E-state index is -0.249. The number of rotatable bonds is 7. The molecule has 0 radical (unpaired) electrons. The van der Waals surface area contributed by atoms with Crippen LogP contribution in [0.1, 0.15) is 23.2 Å². The third-order valence-corrected chi connectivity index (χ3v) is 5.73. The molecule has 3 N–H and O–H groups in total. The van der Waals surface area contributed by atoms with E-state index < -0.39 is 0 Å². The quantitative estimate of drug-likeness (QED) is 0.345. The molecule has 2 aromatic heterocycles. The van der Waals surface area contributed by atoms with Gasteiger partial charge in [-0.3, -0.25) is 14.7 Å². The highest BCUT2D eigenvalue weighted by Crippen LogP contribution is 2.19. The van der Waals surface area contributed by atoms with Gasteiger partial charge in [0.1, 0.15) is 0 Å². The molecule has 0 saturated heterocycles. The van der Waals surface area contributed by atoms with E-state index in [0.717, 1.165) is 22.0 Å². The number of aryl methyl sites for hydroxylation is 1. The number of nitrogens with one attached hydrogen (secondary N) is 3. The summed E-state index contributed by atoms with van der Waals surface area (Å²) in [7, 11) is 0. The second kappa shape index (κ2) is 9.19. The monoisotopic (exact) mass is 452 g/mol. The summed E-state index contributed by atoms with van der Waals surface area (Å²) in [6, 6.07) is 23.7. The number of amides is 1. The molecule has 2 heterocycles. The number of hydrogen-bond donors (Lipinski definition) is 3. The summed E-state index contributed by atoms with van der Waals surface area (Å²) in [5, 5.41) is 11.2. The molecule has 5 aromatic rings. The summed E-state index contributed by atoms with van der Waals surface area (Å²) in [6.45, 7) is 2.33. The summed E-state index contributed by atoms with van der Waals surface area (Å²) >= 11 is 0. The Labute approximate surface area is 195 Å². The summed E-state index contributed by atoms with van der Waals surface area (Å²) < 4.78 is 1.32. The van der Waals surface area contributed by atoms with Crippen LogP contribution >= 0.6 is 0 Å². The lowest BCUT2D eigenvalue weighted by molar-refractivity contribution is -0.116. The Balaban J connectivity index is 1.28. The Bertz CT molecular complexity index is 1540. The van der Waals surface area contributed by atoms with Crippen LogP contribution in [0.3, 0.4) is 0 Å². The molecule has 0 aliphatic carbocycles. The highest BCUT2D eigenvalue weighted by molar-refractivity contribution is 5.94. The summed E-state index contributed by atoms with van der Waals surface area (Å²) in [4.78, 5) is 34.4. The van der Waals surface area contributed by atoms with Crippen LogP contribution in [0.15, 0.2) is 77.6 Å². The minimum Gasteiger partial charge on any atom is -0.351 e. The van der Waals surface area contributed by atoms with Crippen molar-refractivity contribution in [2.45, 2.75) is 26.3 Å². The van der Waals surface area contributed by atoms with Crippen molar-refractivity contribution in [3.05, 3.63) is 100.0 Å². The van der Waals surface area contributed by atoms with Gasteiger partial charge in [-0.1, -0.05) is 60.7 Å². The van der Waals surface area contributed by atoms with Crippen LogP contribution in [0.25, 0.3) is 16.6 Å². The van der Waals surface area contributed by atoms with Crippen molar-refractivity contribution in [1.29, 1.82) is 0 Å². The zero-order valence-electron chi connectivity index (χ0n) is 18.7. The molecule has 0 aliphatic heterocycles. The fourth-order valence-corrected chi connectivity index (χ4v) is 3.93. The molecule has 170 valence electrons. The normalized spacial score (nSPS) is 11.1. The molecule has 1 amide bonds. The van der Waals surface area contributed by atoms with Crippen molar-refractivity contribution in [3.8, 4) is 0 Å². The molecule has 0 fully saturated rings. The zero-order chi connectivity index (χ0) is 23.5. The van der Waals surface area contributed by atoms with E-state index in [1.807, 2.05) is 72.8 Å². The van der Waals surface area contributed by atoms with E-state index in [1.54, 1.807) is 6.92 Å². The average molecular weight is 453 g/mol. The predicted molar refractivity (Wildman–Crippen MR) is 133 cm³/mol. The van der Waals surface area contributed by atoms with Crippen molar-refractivity contribution in [2.24, 2.45) is 0 Å². The molecule has 0 atom stereocenters. The molecule has 0 spiro atoms. The molecule has 34 heavy (non-hydrogen) atoms. The van der Waals surface area contributed by atoms with Gasteiger partial charge in [0.25, 0.3) is 11.3 Å². The first kappa shape index (κ1) is 21.4. The predicted octanol–water partition coefficient (Wildman–Crippen LogP) is 4.06. The van der Waals surface area contributed by atoms with Crippen LogP contribution < -0.4 is 16.2 Å². The zero-order valence-corrected chi connectivity index (χ0v) is 18.7. The van der Waals surface area contributed by atoms with Gasteiger partial charge >= 0.3 is 0 Å². The Kier molecular flexibility index (Phi) is 5.78. The first-order chi connectivity index (χ1) is 16.6. The van der Waals surface area contributed by atoms with Crippen molar-refractivity contribution in [2.75, 3.05) is 10.6 Å². The topological polar surface area (TPSA) is 104 Å². The van der Waals surface area contributed by atoms with Gasteiger partial charge in [-0.15, -0.1) is 0 Å². The maximum atomic E-state index is 13.0. The van der Waals surface area contributed by atoms with Crippen LogP contribution in [0.4, 0.5) is 11.6 Å². The fourth-order valence-electron chi connectivity index (χ4n) is 3.93. The number of H-pyrrole nitrogens is 1. The maximum absolute atomic E-state index is 13.0. The highest BCUT2D eigenvalue weighted by atomic mass is 16.1. The van der Waals surface area contributed by atoms with Gasteiger partial charge in [0.05, 0.1) is 5.69 Å². The van der Waals surface area contributed by atoms with Gasteiger partial charge in [-0.25, -0.2) is 4.98 Å². The number of benzene rings is 3. The number of carbonyl (C=O) groups excluding carboxylic acids is 1. The Morgan fingerprint density at radius 3 is 2.56 bits per heavy atom. The second-order valence-corrected chi connectivity index (χ2v) is 8.14. The number of anilines is 2. The van der Waals surface area contributed by atoms with E-state index in [2.05, 4.69) is 25.7 Å². The summed E-state index contributed by atoms with van der Waals surface area (Å²) in [5.74, 6) is 0.593. The standard InChI is InChI=1S/C26H24N6O2/c1-17-22(13-14-23(33)29-21-12-11-19-9-5-6-10-20(19)15-21)24(34)32-26(28-17)30-25(31-32)27-16-18-7-3-2-4-8-18/h2-12,15H,13-14,16H2,1H3,(H,29,33)(H2,27,28,30,31). The Morgan fingerprint density at radius 1 is 0.971 bits per heavy atom. The molecular formula is C26H24N6O2. The highest BCUT2D eigenvalue weighted by Gasteiger charge is 2.15. The Hall–Kier alpha value is -4.46. The van der Waals surface area contributed by atoms with E-state index in [4.69, 9.17) is 0 Å². The van der Waals surface area contributed by atoms with Gasteiger partial charge in [-0.05, 0) is 41.8 Å². The fraction of sp³-hybridized carbons (Fsp3) is 0.154. The summed E-state index contributed by atoms with van der Waals surface area (Å²) in [5.41, 5.74) is 2.64. The van der Waals surface area contributed by atoms with Gasteiger partial charge in [0, 0.05) is 24.2 Å². The molecular weight excluding hydrogens is 428 g/mol. The molecule has 8 heteroatoms. The first-order valence-electron chi connectivity index (χ1n) is 11.1. The van der Waals surface area contributed by atoms with Gasteiger partial charge < -0.3 is 10.6 Å². The third-order valence-electron chi connectivity index (χ3n) is 5.73. The number of aromatic nitrogens is 4. The Morgan fingerprint density at radius 2 is 1.74 bits per heavy atom. The molecule has 3 aromatic carbocycles. The number of aromatic amines is 1. The lowest BCUT2D eigenvalue weighted by Gasteiger charge is -2.08. The molecule has 5 rings (SSSR count). The number of nitrogens with zero attached hydrogens (tertiary/aromatic N) is 3. The van der Waals surface area contributed by atoms with E-state index >= 15 is 0 Å². The van der Waals surface area contributed by atoms with E-state index in [9.17, 15) is 9.59 Å². The largest absolute Gasteiger partial charge is 0.351 e. The number of hydrogen-bond acceptors (Lipinski definition) is 5.